The molecule has 3 aromatic rings. The van der Waals surface area contributed by atoms with Crippen LogP contribution >= 0.6 is 0 Å². The average Bonchev–Trinajstić information content (AvgIpc) is 3.09. The van der Waals surface area contributed by atoms with Crippen LogP contribution in [0.25, 0.3) is 21.9 Å². The molecule has 0 heterocycles. The Morgan fingerprint density at radius 3 is 1.86 bits per heavy atom. The zero-order valence-electron chi connectivity index (χ0n) is 13.1. The van der Waals surface area contributed by atoms with Crippen LogP contribution in [0.5, 0.6) is 0 Å². The maximum atomic E-state index is 8.25. The van der Waals surface area contributed by atoms with Gasteiger partial charge in [-0.3, -0.25) is 0 Å². The van der Waals surface area contributed by atoms with Gasteiger partial charge in [0, 0.05) is 0 Å². The minimum absolute atomic E-state index is 0. The van der Waals surface area contributed by atoms with Crippen LogP contribution < -0.4 is 15.3 Å². The van der Waals surface area contributed by atoms with Gasteiger partial charge in [0.05, 0.1) is 0 Å². The fraction of sp³-hybridized carbons (Fsp3) is 0.167. The van der Waals surface area contributed by atoms with Gasteiger partial charge >= 0.3 is 21.7 Å². The number of fused-ring (bicyclic) bond motifs is 1. The van der Waals surface area contributed by atoms with Crippen molar-refractivity contribution in [2.45, 2.75) is 0 Å². The molecule has 0 radical (unpaired) electrons. The summed E-state index contributed by atoms with van der Waals surface area (Å²) in [7, 11) is 2.25. The van der Waals surface area contributed by atoms with Crippen LogP contribution in [-0.4, -0.2) is 21.3 Å². The van der Waals surface area contributed by atoms with Crippen molar-refractivity contribution in [3.05, 3.63) is 66.7 Å². The van der Waals surface area contributed by atoms with E-state index in [9.17, 15) is 0 Å². The fourth-order valence-electron chi connectivity index (χ4n) is 1.94. The summed E-state index contributed by atoms with van der Waals surface area (Å²) in [5.41, 5.74) is 2.56. The molecule has 0 saturated carbocycles. The quantitative estimate of drug-likeness (QED) is 0.496. The van der Waals surface area contributed by atoms with Crippen molar-refractivity contribution in [1.82, 2.24) is 0 Å². The van der Waals surface area contributed by atoms with Gasteiger partial charge < -0.3 is 15.3 Å². The van der Waals surface area contributed by atoms with Gasteiger partial charge in [0.1, 0.15) is 0 Å². The van der Waals surface area contributed by atoms with E-state index in [4.69, 9.17) is 15.3 Å². The zero-order valence-corrected chi connectivity index (χ0v) is 14.6. The number of hydrogen-bond donors (Lipinski definition) is 0. The van der Waals surface area contributed by atoms with Crippen LogP contribution in [-0.2, 0) is 21.7 Å². The third-order valence-electron chi connectivity index (χ3n) is 2.75. The molecule has 0 saturated heterocycles. The molecule has 0 atom stereocenters. The largest absolute Gasteiger partial charge is 4.00 e. The molecule has 0 aliphatic heterocycles. The van der Waals surface area contributed by atoms with Crippen molar-refractivity contribution in [3.63, 3.8) is 0 Å². The van der Waals surface area contributed by atoms with E-state index in [1.54, 1.807) is 0 Å². The zero-order chi connectivity index (χ0) is 16.1. The molecule has 0 bridgehead atoms. The van der Waals surface area contributed by atoms with Gasteiger partial charge in [-0.1, -0.05) is 42.5 Å². The van der Waals surface area contributed by atoms with E-state index in [-0.39, 0.29) is 21.7 Å². The Kier molecular flexibility index (Phi) is 15.2. The first-order valence-corrected chi connectivity index (χ1v) is 6.37. The topological polar surface area (TPSA) is 69.2 Å². The van der Waals surface area contributed by atoms with E-state index in [2.05, 4.69) is 60.7 Å². The smallest absolute Gasteiger partial charge is 0.857 e. The first-order valence-electron chi connectivity index (χ1n) is 6.37. The van der Waals surface area contributed by atoms with Gasteiger partial charge in [0.15, 0.2) is 0 Å². The van der Waals surface area contributed by atoms with E-state index in [1.807, 2.05) is 6.07 Å². The maximum absolute atomic E-state index is 8.25. The number of rotatable bonds is 1. The van der Waals surface area contributed by atoms with Crippen molar-refractivity contribution in [2.75, 3.05) is 21.3 Å². The minimum atomic E-state index is 0. The molecule has 3 nitrogen and oxygen atoms in total. The molecule has 3 rings (SSSR count). The van der Waals surface area contributed by atoms with E-state index < -0.39 is 0 Å². The van der Waals surface area contributed by atoms with Crippen molar-refractivity contribution >= 4 is 10.8 Å². The predicted octanol–water partition coefficient (Wildman–Crippen LogP) is 1.15. The number of hydrogen-bond acceptors (Lipinski definition) is 3. The van der Waals surface area contributed by atoms with Gasteiger partial charge in [-0.25, -0.2) is 0 Å². The molecule has 22 heavy (non-hydrogen) atoms. The van der Waals surface area contributed by atoms with Crippen molar-refractivity contribution in [2.24, 2.45) is 0 Å². The second kappa shape index (κ2) is 14.6. The molecule has 4 heteroatoms. The summed E-state index contributed by atoms with van der Waals surface area (Å²) in [4.78, 5) is 0. The summed E-state index contributed by atoms with van der Waals surface area (Å²) in [5.74, 6) is 0. The Hall–Kier alpha value is -1.36. The third-order valence-corrected chi connectivity index (χ3v) is 2.75. The van der Waals surface area contributed by atoms with Crippen LogP contribution in [0.2, 0.25) is 0 Å². The van der Waals surface area contributed by atoms with E-state index in [0.717, 1.165) is 21.3 Å². The first-order chi connectivity index (χ1) is 10.4. The molecule has 0 aliphatic rings. The third kappa shape index (κ3) is 6.60. The van der Waals surface area contributed by atoms with E-state index in [1.165, 1.54) is 21.9 Å². The summed E-state index contributed by atoms with van der Waals surface area (Å²) in [6.45, 7) is 0. The SMILES string of the molecule is C[O-].C[O-].C[O-].[Ti+4].c1ccc(-c2ccc3[cH-]ccc3c2)cc1. The number of benzene rings is 2. The summed E-state index contributed by atoms with van der Waals surface area (Å²) < 4.78 is 0. The molecular weight excluding hydrogens is 312 g/mol. The van der Waals surface area contributed by atoms with Gasteiger partial charge in [-0.2, -0.15) is 38.8 Å². The van der Waals surface area contributed by atoms with Crippen LogP contribution in [0.4, 0.5) is 0 Å². The van der Waals surface area contributed by atoms with Crippen molar-refractivity contribution in [1.29, 1.82) is 0 Å². The monoisotopic (exact) mass is 332 g/mol. The molecule has 0 fully saturated rings. The molecule has 114 valence electrons. The molecule has 0 unspecified atom stereocenters. The van der Waals surface area contributed by atoms with Crippen LogP contribution in [0.1, 0.15) is 0 Å². The Morgan fingerprint density at radius 2 is 1.27 bits per heavy atom. The second-order valence-electron chi connectivity index (χ2n) is 3.74. The second-order valence-corrected chi connectivity index (χ2v) is 3.74. The van der Waals surface area contributed by atoms with Crippen LogP contribution in [0.3, 0.4) is 0 Å². The fourth-order valence-corrected chi connectivity index (χ4v) is 1.94. The Morgan fingerprint density at radius 1 is 0.682 bits per heavy atom. The Bertz CT molecular complexity index is 591. The van der Waals surface area contributed by atoms with Gasteiger partial charge in [0.25, 0.3) is 0 Å². The van der Waals surface area contributed by atoms with Crippen LogP contribution in [0, 0.1) is 0 Å². The average molecular weight is 332 g/mol. The first kappa shape index (κ1) is 22.9. The van der Waals surface area contributed by atoms with Gasteiger partial charge in [-0.05, 0) is 11.1 Å². The Labute approximate surface area is 147 Å². The van der Waals surface area contributed by atoms with Gasteiger partial charge in [-0.15, -0.1) is 17.5 Å². The summed E-state index contributed by atoms with van der Waals surface area (Å²) >= 11 is 0. The minimum Gasteiger partial charge on any atom is -0.857 e. The summed E-state index contributed by atoms with van der Waals surface area (Å²) in [6.07, 6.45) is 0. The predicted molar refractivity (Wildman–Crippen MR) is 82.7 cm³/mol. The maximum Gasteiger partial charge on any atom is 4.00 e. The molecule has 3 aromatic carbocycles. The van der Waals surface area contributed by atoms with Crippen molar-refractivity contribution in [3.8, 4) is 11.1 Å². The molecule has 0 spiro atoms. The van der Waals surface area contributed by atoms with E-state index >= 15 is 0 Å². The molecule has 0 N–H and O–H groups in total. The standard InChI is InChI=1S/C15H11.3CH3O.Ti/c1-2-5-12(6-3-1)15-10-9-13-7-4-8-14(13)11-15;3*1-2;/h1-11H;3*1H3;/q4*-1;+4. The molecule has 0 amide bonds. The molecule has 0 aliphatic carbocycles. The summed E-state index contributed by atoms with van der Waals surface area (Å²) in [6, 6.07) is 23.5. The normalized spacial score (nSPS) is 8.09. The van der Waals surface area contributed by atoms with Crippen molar-refractivity contribution < 1.29 is 37.0 Å². The van der Waals surface area contributed by atoms with Crippen LogP contribution in [0.15, 0.2) is 66.7 Å². The van der Waals surface area contributed by atoms with Gasteiger partial charge in [0.2, 0.25) is 0 Å². The molecular formula is C18H20O3Ti. The summed E-state index contributed by atoms with van der Waals surface area (Å²) in [5, 5.41) is 27.4. The Balaban J connectivity index is 0. The van der Waals surface area contributed by atoms with E-state index in [0.29, 0.717) is 0 Å². The molecule has 0 aromatic heterocycles.